The van der Waals surface area contributed by atoms with Crippen molar-refractivity contribution in [1.29, 1.82) is 0 Å². The number of ether oxygens (including phenoxy) is 5. The fourth-order valence-electron chi connectivity index (χ4n) is 3.65. The van der Waals surface area contributed by atoms with Crippen LogP contribution in [-0.4, -0.2) is 45.1 Å². The van der Waals surface area contributed by atoms with Crippen LogP contribution >= 0.6 is 12.2 Å². The summed E-state index contributed by atoms with van der Waals surface area (Å²) in [5, 5.41) is 3.91. The molecule has 0 aliphatic carbocycles. The zero-order valence-corrected chi connectivity index (χ0v) is 21.6. The highest BCUT2D eigenvalue weighted by Gasteiger charge is 2.20. The molecule has 0 aliphatic rings. The summed E-state index contributed by atoms with van der Waals surface area (Å²) in [4.78, 5) is 2.07. The van der Waals surface area contributed by atoms with E-state index in [0.717, 1.165) is 28.3 Å². The molecule has 0 saturated carbocycles. The van der Waals surface area contributed by atoms with Crippen molar-refractivity contribution >= 4 is 23.0 Å². The van der Waals surface area contributed by atoms with Gasteiger partial charge in [0.2, 0.25) is 5.75 Å². The van der Waals surface area contributed by atoms with Crippen molar-refractivity contribution in [3.05, 3.63) is 71.8 Å². The normalized spacial score (nSPS) is 10.3. The standard InChI is InChI=1S/C27H32N2O5S/c1-6-34-23-14-10-21(11-15-23)28-27(35)29(17-19-7-12-22(30-2)13-8-19)18-20-9-16-24(31-3)26(33-5)25(20)32-4/h7-16H,6,17-18H2,1-5H3,(H,28,35). The third-order valence-corrected chi connectivity index (χ3v) is 5.74. The highest BCUT2D eigenvalue weighted by Crippen LogP contribution is 2.40. The molecule has 186 valence electrons. The Hall–Kier alpha value is -3.65. The van der Waals surface area contributed by atoms with E-state index < -0.39 is 0 Å². The number of thiocarbonyl (C=S) groups is 1. The van der Waals surface area contributed by atoms with Crippen molar-refractivity contribution < 1.29 is 23.7 Å². The highest BCUT2D eigenvalue weighted by molar-refractivity contribution is 7.80. The van der Waals surface area contributed by atoms with Gasteiger partial charge in [-0.05, 0) is 73.2 Å². The summed E-state index contributed by atoms with van der Waals surface area (Å²) in [5.74, 6) is 3.37. The van der Waals surface area contributed by atoms with Crippen LogP contribution in [0.1, 0.15) is 18.1 Å². The number of methoxy groups -OCH3 is 4. The molecule has 0 unspecified atom stereocenters. The molecule has 0 amide bonds. The van der Waals surface area contributed by atoms with Gasteiger partial charge < -0.3 is 33.9 Å². The van der Waals surface area contributed by atoms with E-state index >= 15 is 0 Å². The minimum absolute atomic E-state index is 0.485. The van der Waals surface area contributed by atoms with E-state index in [1.54, 1.807) is 28.4 Å². The van der Waals surface area contributed by atoms with Gasteiger partial charge in [0.05, 0.1) is 35.0 Å². The van der Waals surface area contributed by atoms with Crippen LogP contribution < -0.4 is 29.0 Å². The van der Waals surface area contributed by atoms with Crippen LogP contribution in [0.15, 0.2) is 60.7 Å². The maximum Gasteiger partial charge on any atom is 0.203 e. The molecule has 0 heterocycles. The number of hydrogen-bond acceptors (Lipinski definition) is 6. The van der Waals surface area contributed by atoms with Gasteiger partial charge in [0.25, 0.3) is 0 Å². The third-order valence-electron chi connectivity index (χ3n) is 5.38. The van der Waals surface area contributed by atoms with Crippen molar-refractivity contribution in [2.75, 3.05) is 40.4 Å². The van der Waals surface area contributed by atoms with Gasteiger partial charge in [-0.25, -0.2) is 0 Å². The zero-order chi connectivity index (χ0) is 25.2. The fraction of sp³-hybridized carbons (Fsp3) is 0.296. The highest BCUT2D eigenvalue weighted by atomic mass is 32.1. The second-order valence-corrected chi connectivity index (χ2v) is 7.97. The van der Waals surface area contributed by atoms with Crippen LogP contribution in [0.5, 0.6) is 28.7 Å². The van der Waals surface area contributed by atoms with Gasteiger partial charge in [-0.2, -0.15) is 0 Å². The Morgan fingerprint density at radius 1 is 0.743 bits per heavy atom. The lowest BCUT2D eigenvalue weighted by Gasteiger charge is -2.27. The average molecular weight is 497 g/mol. The van der Waals surface area contributed by atoms with Crippen LogP contribution in [-0.2, 0) is 13.1 Å². The first-order valence-corrected chi connectivity index (χ1v) is 11.6. The summed E-state index contributed by atoms with van der Waals surface area (Å²) in [6, 6.07) is 19.5. The monoisotopic (exact) mass is 496 g/mol. The van der Waals surface area contributed by atoms with E-state index in [1.807, 2.05) is 67.6 Å². The molecule has 3 aromatic rings. The molecule has 0 saturated heterocycles. The molecule has 0 fully saturated rings. The zero-order valence-electron chi connectivity index (χ0n) is 20.8. The lowest BCUT2D eigenvalue weighted by molar-refractivity contribution is 0.316. The number of anilines is 1. The van der Waals surface area contributed by atoms with Gasteiger partial charge in [0, 0.05) is 24.3 Å². The smallest absolute Gasteiger partial charge is 0.203 e. The lowest BCUT2D eigenvalue weighted by atomic mass is 10.1. The molecule has 0 aromatic heterocycles. The van der Waals surface area contributed by atoms with E-state index in [2.05, 4.69) is 10.2 Å². The Kier molecular flexibility index (Phi) is 9.43. The Morgan fingerprint density at radius 3 is 1.97 bits per heavy atom. The molecule has 0 radical (unpaired) electrons. The van der Waals surface area contributed by atoms with Gasteiger partial charge in [-0.15, -0.1) is 0 Å². The summed E-state index contributed by atoms with van der Waals surface area (Å²) in [5.41, 5.74) is 2.87. The van der Waals surface area contributed by atoms with E-state index in [4.69, 9.17) is 35.9 Å². The molecule has 3 aromatic carbocycles. The quantitative estimate of drug-likeness (QED) is 0.348. The largest absolute Gasteiger partial charge is 0.497 e. The van der Waals surface area contributed by atoms with Crippen molar-refractivity contribution in [1.82, 2.24) is 4.90 Å². The first-order chi connectivity index (χ1) is 17.0. The minimum atomic E-state index is 0.485. The van der Waals surface area contributed by atoms with Gasteiger partial charge in [-0.3, -0.25) is 0 Å². The molecule has 0 atom stereocenters. The van der Waals surface area contributed by atoms with Crippen LogP contribution in [0.25, 0.3) is 0 Å². The van der Waals surface area contributed by atoms with E-state index in [9.17, 15) is 0 Å². The summed E-state index contributed by atoms with van der Waals surface area (Å²) >= 11 is 5.84. The lowest BCUT2D eigenvalue weighted by Crippen LogP contribution is -2.34. The molecule has 0 spiro atoms. The predicted molar refractivity (Wildman–Crippen MR) is 142 cm³/mol. The summed E-state index contributed by atoms with van der Waals surface area (Å²) in [6.07, 6.45) is 0. The van der Waals surface area contributed by atoms with Crippen LogP contribution in [0.3, 0.4) is 0 Å². The Balaban J connectivity index is 1.89. The van der Waals surface area contributed by atoms with Gasteiger partial charge in [0.1, 0.15) is 11.5 Å². The fourth-order valence-corrected chi connectivity index (χ4v) is 3.89. The molecule has 8 heteroatoms. The number of hydrogen-bond donors (Lipinski definition) is 1. The van der Waals surface area contributed by atoms with Gasteiger partial charge in [-0.1, -0.05) is 12.1 Å². The van der Waals surface area contributed by atoms with E-state index in [0.29, 0.717) is 42.1 Å². The van der Waals surface area contributed by atoms with Gasteiger partial charge in [0.15, 0.2) is 16.6 Å². The molecule has 1 N–H and O–H groups in total. The molecular weight excluding hydrogens is 464 g/mol. The molecule has 7 nitrogen and oxygen atoms in total. The van der Waals surface area contributed by atoms with Crippen LogP contribution in [0, 0.1) is 0 Å². The first kappa shape index (κ1) is 26.0. The first-order valence-electron chi connectivity index (χ1n) is 11.2. The summed E-state index contributed by atoms with van der Waals surface area (Å²) in [6.45, 7) is 3.64. The second kappa shape index (κ2) is 12.7. The Morgan fingerprint density at radius 2 is 1.40 bits per heavy atom. The second-order valence-electron chi connectivity index (χ2n) is 7.59. The maximum atomic E-state index is 5.84. The molecule has 0 aliphatic heterocycles. The number of nitrogens with one attached hydrogen (secondary N) is 1. The third kappa shape index (κ3) is 6.70. The molecular formula is C27H32N2O5S. The minimum Gasteiger partial charge on any atom is -0.497 e. The summed E-state index contributed by atoms with van der Waals surface area (Å²) < 4.78 is 27.5. The van der Waals surface area contributed by atoms with E-state index in [-0.39, 0.29) is 0 Å². The topological polar surface area (TPSA) is 61.4 Å². The van der Waals surface area contributed by atoms with Crippen molar-refractivity contribution in [2.24, 2.45) is 0 Å². The Bertz CT molecular complexity index is 1100. The predicted octanol–water partition coefficient (Wildman–Crippen LogP) is 5.52. The number of rotatable bonds is 11. The van der Waals surface area contributed by atoms with Crippen molar-refractivity contribution in [3.8, 4) is 28.7 Å². The summed E-state index contributed by atoms with van der Waals surface area (Å²) in [7, 11) is 6.46. The maximum absolute atomic E-state index is 5.84. The van der Waals surface area contributed by atoms with Crippen LogP contribution in [0.4, 0.5) is 5.69 Å². The van der Waals surface area contributed by atoms with Crippen molar-refractivity contribution in [3.63, 3.8) is 0 Å². The van der Waals surface area contributed by atoms with E-state index in [1.165, 1.54) is 0 Å². The van der Waals surface area contributed by atoms with Crippen LogP contribution in [0.2, 0.25) is 0 Å². The molecule has 0 bridgehead atoms. The van der Waals surface area contributed by atoms with Gasteiger partial charge >= 0.3 is 0 Å². The SMILES string of the molecule is CCOc1ccc(NC(=S)N(Cc2ccc(OC)cc2)Cc2ccc(OC)c(OC)c2OC)cc1. The number of benzene rings is 3. The molecule has 35 heavy (non-hydrogen) atoms. The molecule has 3 rings (SSSR count). The van der Waals surface area contributed by atoms with Crippen molar-refractivity contribution in [2.45, 2.75) is 20.0 Å². The Labute approximate surface area is 212 Å². The average Bonchev–Trinajstić information content (AvgIpc) is 2.89. The number of nitrogens with zero attached hydrogens (tertiary/aromatic N) is 1.